The third-order valence-corrected chi connectivity index (χ3v) is 4.36. The van der Waals surface area contributed by atoms with Crippen molar-refractivity contribution >= 4 is 0 Å². The molecule has 0 bridgehead atoms. The van der Waals surface area contributed by atoms with E-state index in [2.05, 4.69) is 10.4 Å². The van der Waals surface area contributed by atoms with Crippen molar-refractivity contribution < 1.29 is 4.74 Å². The highest BCUT2D eigenvalue weighted by molar-refractivity contribution is 4.90. The van der Waals surface area contributed by atoms with Gasteiger partial charge in [-0.25, -0.2) is 4.79 Å². The molecule has 1 saturated heterocycles. The zero-order valence-electron chi connectivity index (χ0n) is 10.8. The lowest BCUT2D eigenvalue weighted by Gasteiger charge is -2.31. The van der Waals surface area contributed by atoms with Gasteiger partial charge in [0.2, 0.25) is 0 Å². The molecule has 1 unspecified atom stereocenters. The topological polar surface area (TPSA) is 61.9 Å². The highest BCUT2D eigenvalue weighted by Crippen LogP contribution is 2.45. The Morgan fingerprint density at radius 2 is 2.11 bits per heavy atom. The van der Waals surface area contributed by atoms with Crippen molar-refractivity contribution in [1.29, 1.82) is 0 Å². The molecule has 2 fully saturated rings. The number of aromatic nitrogens is 4. The van der Waals surface area contributed by atoms with E-state index in [-0.39, 0.29) is 11.8 Å². The van der Waals surface area contributed by atoms with E-state index in [4.69, 9.17) is 4.74 Å². The highest BCUT2D eigenvalue weighted by Gasteiger charge is 2.41. The van der Waals surface area contributed by atoms with Crippen LogP contribution in [0.5, 0.6) is 0 Å². The van der Waals surface area contributed by atoms with E-state index in [9.17, 15) is 4.79 Å². The number of nitrogens with zero attached hydrogens (tertiary/aromatic N) is 4. The van der Waals surface area contributed by atoms with Crippen molar-refractivity contribution in [3.8, 4) is 0 Å². The van der Waals surface area contributed by atoms with Crippen molar-refractivity contribution in [2.75, 3.05) is 6.61 Å². The van der Waals surface area contributed by atoms with Crippen LogP contribution in [0.25, 0.3) is 0 Å². The molecule has 3 rings (SSSR count). The quantitative estimate of drug-likeness (QED) is 0.778. The Balaban J connectivity index is 1.65. The van der Waals surface area contributed by atoms with Gasteiger partial charge in [-0.05, 0) is 35.1 Å². The maximum Gasteiger partial charge on any atom is 0.363 e. The average molecular weight is 252 g/mol. The Hall–Kier alpha value is -1.17. The molecule has 6 heteroatoms. The minimum absolute atomic E-state index is 0.123. The third-order valence-electron chi connectivity index (χ3n) is 4.36. The van der Waals surface area contributed by atoms with E-state index in [1.165, 1.54) is 41.5 Å². The van der Waals surface area contributed by atoms with Crippen LogP contribution in [0.1, 0.15) is 38.5 Å². The summed E-state index contributed by atoms with van der Waals surface area (Å²) in [6.45, 7) is 1.39. The summed E-state index contributed by atoms with van der Waals surface area (Å²) in [5.74, 6) is 0. The van der Waals surface area contributed by atoms with E-state index in [0.717, 1.165) is 13.0 Å². The van der Waals surface area contributed by atoms with Gasteiger partial charge in [-0.2, -0.15) is 9.36 Å². The molecular weight excluding hydrogens is 232 g/mol. The highest BCUT2D eigenvalue weighted by atomic mass is 16.5. The molecule has 2 heterocycles. The molecule has 1 saturated carbocycles. The fourth-order valence-corrected chi connectivity index (χ4v) is 3.32. The molecule has 1 aliphatic carbocycles. The van der Waals surface area contributed by atoms with Crippen LogP contribution in [0.2, 0.25) is 0 Å². The second kappa shape index (κ2) is 4.50. The molecule has 6 nitrogen and oxygen atoms in total. The van der Waals surface area contributed by atoms with E-state index >= 15 is 0 Å². The first kappa shape index (κ1) is 11.9. The monoisotopic (exact) mass is 252 g/mol. The Bertz CT molecular complexity index is 473. The predicted octanol–water partition coefficient (Wildman–Crippen LogP) is 0.716. The summed E-state index contributed by atoms with van der Waals surface area (Å²) in [5, 5.41) is 7.57. The summed E-state index contributed by atoms with van der Waals surface area (Å²) in [7, 11) is 1.62. The molecule has 1 atom stereocenters. The molecule has 0 N–H and O–H groups in total. The molecule has 1 aromatic heterocycles. The van der Waals surface area contributed by atoms with Gasteiger partial charge in [0.25, 0.3) is 0 Å². The molecule has 0 amide bonds. The van der Waals surface area contributed by atoms with Crippen molar-refractivity contribution in [2.24, 2.45) is 12.5 Å². The fourth-order valence-electron chi connectivity index (χ4n) is 3.32. The van der Waals surface area contributed by atoms with Gasteiger partial charge in [-0.3, -0.25) is 0 Å². The molecule has 1 aromatic rings. The Kier molecular flexibility index (Phi) is 2.97. The predicted molar refractivity (Wildman–Crippen MR) is 65.1 cm³/mol. The summed E-state index contributed by atoms with van der Waals surface area (Å²) < 4.78 is 8.54. The zero-order valence-corrected chi connectivity index (χ0v) is 10.8. The zero-order chi connectivity index (χ0) is 12.6. The van der Waals surface area contributed by atoms with Crippen LogP contribution in [0.3, 0.4) is 0 Å². The third kappa shape index (κ3) is 2.09. The molecular formula is C12H20N4O2. The lowest BCUT2D eigenvalue weighted by molar-refractivity contribution is 0.0730. The second-order valence-electron chi connectivity index (χ2n) is 5.76. The van der Waals surface area contributed by atoms with Crippen molar-refractivity contribution in [3.05, 3.63) is 10.5 Å². The van der Waals surface area contributed by atoms with Crippen LogP contribution < -0.4 is 5.69 Å². The van der Waals surface area contributed by atoms with Crippen molar-refractivity contribution in [1.82, 2.24) is 19.8 Å². The van der Waals surface area contributed by atoms with E-state index in [0.29, 0.717) is 12.0 Å². The molecule has 0 aromatic carbocycles. The van der Waals surface area contributed by atoms with Crippen LogP contribution in [0.15, 0.2) is 4.79 Å². The molecule has 1 spiro atoms. The van der Waals surface area contributed by atoms with Crippen molar-refractivity contribution in [2.45, 2.75) is 51.2 Å². The van der Waals surface area contributed by atoms with Gasteiger partial charge in [0.15, 0.2) is 0 Å². The van der Waals surface area contributed by atoms with Gasteiger partial charge in [-0.15, -0.1) is 0 Å². The summed E-state index contributed by atoms with van der Waals surface area (Å²) in [6, 6.07) is 0. The maximum absolute atomic E-state index is 11.7. The summed E-state index contributed by atoms with van der Waals surface area (Å²) >= 11 is 0. The van der Waals surface area contributed by atoms with Gasteiger partial charge in [0, 0.05) is 7.05 Å². The standard InChI is InChI=1S/C12H20N4O2/c1-15-11(17)16(14-13-15)8-10-7-12(9-18-10)5-3-2-4-6-12/h10H,2-9H2,1H3. The van der Waals surface area contributed by atoms with Gasteiger partial charge < -0.3 is 4.74 Å². The lowest BCUT2D eigenvalue weighted by Crippen LogP contribution is -2.29. The first-order valence-electron chi connectivity index (χ1n) is 6.77. The minimum atomic E-state index is -0.164. The van der Waals surface area contributed by atoms with Gasteiger partial charge in [0.05, 0.1) is 19.3 Å². The number of tetrazole rings is 1. The molecule has 2 aliphatic rings. The van der Waals surface area contributed by atoms with E-state index < -0.39 is 0 Å². The molecule has 1 aliphatic heterocycles. The number of hydrogen-bond acceptors (Lipinski definition) is 4. The maximum atomic E-state index is 11.7. The number of aryl methyl sites for hydroxylation is 1. The normalized spacial score (nSPS) is 26.8. The molecule has 0 radical (unpaired) electrons. The average Bonchev–Trinajstić information content (AvgIpc) is 2.90. The first-order valence-corrected chi connectivity index (χ1v) is 6.77. The SMILES string of the molecule is Cn1nnn(CC2CC3(CCCCC3)CO2)c1=O. The molecule has 18 heavy (non-hydrogen) atoms. The molecule has 100 valence electrons. The van der Waals surface area contributed by atoms with Crippen LogP contribution in [-0.4, -0.2) is 32.5 Å². The smallest absolute Gasteiger partial charge is 0.363 e. The summed E-state index contributed by atoms with van der Waals surface area (Å²) in [5.41, 5.74) is 0.220. The van der Waals surface area contributed by atoms with Gasteiger partial charge in [-0.1, -0.05) is 19.3 Å². The largest absolute Gasteiger partial charge is 0.376 e. The van der Waals surface area contributed by atoms with Gasteiger partial charge in [0.1, 0.15) is 0 Å². The number of hydrogen-bond donors (Lipinski definition) is 0. The Morgan fingerprint density at radius 1 is 1.33 bits per heavy atom. The minimum Gasteiger partial charge on any atom is -0.376 e. The van der Waals surface area contributed by atoms with Crippen LogP contribution in [-0.2, 0) is 18.3 Å². The van der Waals surface area contributed by atoms with Crippen LogP contribution >= 0.6 is 0 Å². The van der Waals surface area contributed by atoms with Gasteiger partial charge >= 0.3 is 5.69 Å². The Morgan fingerprint density at radius 3 is 2.78 bits per heavy atom. The van der Waals surface area contributed by atoms with E-state index in [1.807, 2.05) is 0 Å². The van der Waals surface area contributed by atoms with Crippen LogP contribution in [0, 0.1) is 5.41 Å². The Labute approximate surface area is 106 Å². The first-order chi connectivity index (χ1) is 8.69. The van der Waals surface area contributed by atoms with Crippen LogP contribution in [0.4, 0.5) is 0 Å². The summed E-state index contributed by atoms with van der Waals surface area (Å²) in [4.78, 5) is 11.7. The van der Waals surface area contributed by atoms with E-state index in [1.54, 1.807) is 7.05 Å². The fraction of sp³-hybridized carbons (Fsp3) is 0.917. The number of rotatable bonds is 2. The lowest BCUT2D eigenvalue weighted by atomic mass is 9.73. The number of ether oxygens (including phenoxy) is 1. The summed E-state index contributed by atoms with van der Waals surface area (Å²) in [6.07, 6.45) is 7.74. The van der Waals surface area contributed by atoms with Crippen molar-refractivity contribution in [3.63, 3.8) is 0 Å². The second-order valence-corrected chi connectivity index (χ2v) is 5.76.